The summed E-state index contributed by atoms with van der Waals surface area (Å²) in [6.45, 7) is 1.74. The van der Waals surface area contributed by atoms with E-state index in [1.807, 2.05) is 24.3 Å². The van der Waals surface area contributed by atoms with E-state index in [1.165, 1.54) is 4.80 Å². The van der Waals surface area contributed by atoms with Gasteiger partial charge in [-0.15, -0.1) is 10.2 Å². The smallest absolute Gasteiger partial charge is 0.178 e. The van der Waals surface area contributed by atoms with Gasteiger partial charge in [-0.05, 0) is 23.8 Å². The van der Waals surface area contributed by atoms with E-state index in [0.717, 1.165) is 10.0 Å². The van der Waals surface area contributed by atoms with Crippen molar-refractivity contribution in [1.29, 1.82) is 0 Å². The molecule has 0 amide bonds. The van der Waals surface area contributed by atoms with Crippen molar-refractivity contribution in [2.24, 2.45) is 7.05 Å². The minimum absolute atomic E-state index is 0.323. The molecule has 0 radical (unpaired) electrons. The number of tetrazole rings is 1. The Morgan fingerprint density at radius 1 is 1.41 bits per heavy atom. The lowest BCUT2D eigenvalue weighted by atomic mass is 9.92. The number of halogens is 1. The monoisotopic (exact) mass is 296 g/mol. The molecule has 1 atom stereocenters. The second kappa shape index (κ2) is 4.54. The van der Waals surface area contributed by atoms with Gasteiger partial charge in [0.25, 0.3) is 0 Å². The van der Waals surface area contributed by atoms with Crippen LogP contribution in [0.5, 0.6) is 0 Å². The number of aliphatic hydroxyl groups is 1. The normalized spacial score (nSPS) is 14.6. The lowest BCUT2D eigenvalue weighted by Crippen LogP contribution is -2.25. The van der Waals surface area contributed by atoms with Crippen molar-refractivity contribution in [3.63, 3.8) is 0 Å². The highest BCUT2D eigenvalue weighted by atomic mass is 79.9. The molecule has 1 heterocycles. The molecular weight excluding hydrogens is 284 g/mol. The quantitative estimate of drug-likeness (QED) is 0.930. The Morgan fingerprint density at radius 3 is 2.71 bits per heavy atom. The topological polar surface area (TPSA) is 63.8 Å². The van der Waals surface area contributed by atoms with Crippen LogP contribution >= 0.6 is 15.9 Å². The van der Waals surface area contributed by atoms with Crippen molar-refractivity contribution in [1.82, 2.24) is 20.2 Å². The Balaban J connectivity index is 2.27. The van der Waals surface area contributed by atoms with E-state index in [4.69, 9.17) is 0 Å². The van der Waals surface area contributed by atoms with Gasteiger partial charge in [0, 0.05) is 10.9 Å². The number of hydrogen-bond donors (Lipinski definition) is 1. The average Bonchev–Trinajstić information content (AvgIpc) is 2.63. The zero-order chi connectivity index (χ0) is 12.5. The van der Waals surface area contributed by atoms with Crippen LogP contribution in [-0.2, 0) is 19.1 Å². The Labute approximate surface area is 108 Å². The summed E-state index contributed by atoms with van der Waals surface area (Å²) in [6.07, 6.45) is 0.323. The summed E-state index contributed by atoms with van der Waals surface area (Å²) < 4.78 is 0.869. The van der Waals surface area contributed by atoms with Crippen molar-refractivity contribution in [2.75, 3.05) is 0 Å². The van der Waals surface area contributed by atoms with Gasteiger partial charge in [-0.1, -0.05) is 34.1 Å². The molecule has 0 saturated carbocycles. The lowest BCUT2D eigenvalue weighted by Gasteiger charge is -2.23. The van der Waals surface area contributed by atoms with E-state index in [1.54, 1.807) is 14.0 Å². The molecule has 0 saturated heterocycles. The molecule has 1 aromatic carbocycles. The molecule has 2 aromatic rings. The highest BCUT2D eigenvalue weighted by Crippen LogP contribution is 2.30. The molecule has 0 bridgehead atoms. The van der Waals surface area contributed by atoms with Gasteiger partial charge in [-0.3, -0.25) is 0 Å². The molecule has 0 fully saturated rings. The van der Waals surface area contributed by atoms with Gasteiger partial charge in [0.15, 0.2) is 5.82 Å². The van der Waals surface area contributed by atoms with Gasteiger partial charge < -0.3 is 5.11 Å². The van der Waals surface area contributed by atoms with E-state index in [2.05, 4.69) is 31.3 Å². The summed E-state index contributed by atoms with van der Waals surface area (Å²) in [5, 5.41) is 22.2. The second-order valence-electron chi connectivity index (χ2n) is 4.13. The SMILES string of the molecule is Cn1nnc(CC(C)(O)c2ccccc2Br)n1. The maximum Gasteiger partial charge on any atom is 0.178 e. The van der Waals surface area contributed by atoms with Crippen LogP contribution < -0.4 is 0 Å². The van der Waals surface area contributed by atoms with Crippen LogP contribution in [0.2, 0.25) is 0 Å². The van der Waals surface area contributed by atoms with Crippen molar-refractivity contribution in [2.45, 2.75) is 18.9 Å². The zero-order valence-electron chi connectivity index (χ0n) is 9.63. The number of benzene rings is 1. The molecule has 17 heavy (non-hydrogen) atoms. The van der Waals surface area contributed by atoms with Crippen molar-refractivity contribution < 1.29 is 5.11 Å². The van der Waals surface area contributed by atoms with Crippen molar-refractivity contribution in [3.05, 3.63) is 40.1 Å². The van der Waals surface area contributed by atoms with Gasteiger partial charge in [-0.25, -0.2) is 0 Å². The number of aryl methyl sites for hydroxylation is 1. The predicted molar refractivity (Wildman–Crippen MR) is 66.2 cm³/mol. The fraction of sp³-hybridized carbons (Fsp3) is 0.364. The van der Waals surface area contributed by atoms with Gasteiger partial charge in [-0.2, -0.15) is 4.80 Å². The molecule has 5 nitrogen and oxygen atoms in total. The van der Waals surface area contributed by atoms with Gasteiger partial charge in [0.05, 0.1) is 12.6 Å². The first-order chi connectivity index (χ1) is 7.99. The summed E-state index contributed by atoms with van der Waals surface area (Å²) in [6, 6.07) is 7.57. The van der Waals surface area contributed by atoms with E-state index >= 15 is 0 Å². The third kappa shape index (κ3) is 2.70. The Morgan fingerprint density at radius 2 is 2.12 bits per heavy atom. The molecule has 1 unspecified atom stereocenters. The number of hydrogen-bond acceptors (Lipinski definition) is 4. The maximum absolute atomic E-state index is 10.5. The molecule has 6 heteroatoms. The van der Waals surface area contributed by atoms with Gasteiger partial charge in [0.1, 0.15) is 0 Å². The Hall–Kier alpha value is -1.27. The highest BCUT2D eigenvalue weighted by Gasteiger charge is 2.27. The Kier molecular flexibility index (Phi) is 3.26. The van der Waals surface area contributed by atoms with Gasteiger partial charge >= 0.3 is 0 Å². The minimum Gasteiger partial charge on any atom is -0.385 e. The van der Waals surface area contributed by atoms with E-state index < -0.39 is 5.60 Å². The first kappa shape index (κ1) is 12.2. The molecule has 0 aliphatic heterocycles. The minimum atomic E-state index is -1.02. The molecular formula is C11H13BrN4O. The Bertz CT molecular complexity index is 524. The van der Waals surface area contributed by atoms with Crippen LogP contribution in [0, 0.1) is 0 Å². The fourth-order valence-corrected chi connectivity index (χ4v) is 2.41. The standard InChI is InChI=1S/C11H13BrN4O/c1-11(17,7-10-13-15-16(2)14-10)8-5-3-4-6-9(8)12/h3-6,17H,7H2,1-2H3. The number of aromatic nitrogens is 4. The third-order valence-electron chi connectivity index (χ3n) is 2.51. The van der Waals surface area contributed by atoms with Crippen LogP contribution in [0.4, 0.5) is 0 Å². The summed E-state index contributed by atoms with van der Waals surface area (Å²) in [5.41, 5.74) is -0.212. The molecule has 1 N–H and O–H groups in total. The lowest BCUT2D eigenvalue weighted by molar-refractivity contribution is 0.0546. The molecule has 0 spiro atoms. The predicted octanol–water partition coefficient (Wildman–Crippen LogP) is 1.42. The van der Waals surface area contributed by atoms with E-state index in [0.29, 0.717) is 12.2 Å². The number of nitrogens with zero attached hydrogens (tertiary/aromatic N) is 4. The maximum atomic E-state index is 10.5. The summed E-state index contributed by atoms with van der Waals surface area (Å²) in [7, 11) is 1.70. The average molecular weight is 297 g/mol. The molecule has 0 aliphatic carbocycles. The summed E-state index contributed by atoms with van der Waals surface area (Å²) in [5.74, 6) is 0.522. The van der Waals surface area contributed by atoms with Crippen LogP contribution in [0.1, 0.15) is 18.3 Å². The highest BCUT2D eigenvalue weighted by molar-refractivity contribution is 9.10. The largest absolute Gasteiger partial charge is 0.385 e. The first-order valence-electron chi connectivity index (χ1n) is 5.19. The van der Waals surface area contributed by atoms with Crippen LogP contribution in [-0.4, -0.2) is 25.3 Å². The first-order valence-corrected chi connectivity index (χ1v) is 5.98. The van der Waals surface area contributed by atoms with Crippen LogP contribution in [0.25, 0.3) is 0 Å². The molecule has 90 valence electrons. The fourth-order valence-electron chi connectivity index (χ4n) is 1.70. The van der Waals surface area contributed by atoms with E-state index in [-0.39, 0.29) is 0 Å². The van der Waals surface area contributed by atoms with Crippen molar-refractivity contribution >= 4 is 15.9 Å². The summed E-state index contributed by atoms with van der Waals surface area (Å²) in [4.78, 5) is 1.38. The van der Waals surface area contributed by atoms with Crippen LogP contribution in [0.3, 0.4) is 0 Å². The molecule has 0 aliphatic rings. The van der Waals surface area contributed by atoms with E-state index in [9.17, 15) is 5.11 Å². The van der Waals surface area contributed by atoms with Crippen LogP contribution in [0.15, 0.2) is 28.7 Å². The third-order valence-corrected chi connectivity index (χ3v) is 3.20. The van der Waals surface area contributed by atoms with Gasteiger partial charge in [0.2, 0.25) is 0 Å². The second-order valence-corrected chi connectivity index (χ2v) is 4.98. The molecule has 1 aromatic heterocycles. The number of rotatable bonds is 3. The summed E-state index contributed by atoms with van der Waals surface area (Å²) >= 11 is 3.43. The van der Waals surface area contributed by atoms with Crippen molar-refractivity contribution in [3.8, 4) is 0 Å². The molecule has 2 rings (SSSR count). The zero-order valence-corrected chi connectivity index (χ0v) is 11.2.